The van der Waals surface area contributed by atoms with Crippen LogP contribution in [-0.4, -0.2) is 47.1 Å². The summed E-state index contributed by atoms with van der Waals surface area (Å²) < 4.78 is 0. The molecular formula is C13H20ClN3O2. The third-order valence-corrected chi connectivity index (χ3v) is 2.86. The average Bonchev–Trinajstić information content (AvgIpc) is 2.40. The molecule has 0 aliphatic heterocycles. The number of anilines is 1. The molecule has 1 rings (SSSR count). The van der Waals surface area contributed by atoms with Crippen molar-refractivity contribution in [1.29, 1.82) is 0 Å². The molecule has 1 heterocycles. The number of carbonyl (C=O) groups excluding carboxylic acids is 1. The van der Waals surface area contributed by atoms with Gasteiger partial charge in [0, 0.05) is 19.6 Å². The number of halogens is 1. The first-order valence-corrected chi connectivity index (χ1v) is 6.82. The first kappa shape index (κ1) is 15.7. The molecule has 0 aliphatic rings. The van der Waals surface area contributed by atoms with Gasteiger partial charge in [0.25, 0.3) is 5.91 Å². The number of hydrogen-bond donors (Lipinski definition) is 2. The van der Waals surface area contributed by atoms with Crippen molar-refractivity contribution in [2.24, 2.45) is 0 Å². The quantitative estimate of drug-likeness (QED) is 0.804. The molecule has 0 aliphatic carbocycles. The second-order valence-corrected chi connectivity index (χ2v) is 4.48. The first-order chi connectivity index (χ1) is 9.13. The van der Waals surface area contributed by atoms with Gasteiger partial charge in [-0.3, -0.25) is 4.79 Å². The summed E-state index contributed by atoms with van der Waals surface area (Å²) >= 11 is 6.04. The maximum absolute atomic E-state index is 12.3. The highest BCUT2D eigenvalue weighted by atomic mass is 35.5. The second kappa shape index (κ2) is 7.96. The lowest BCUT2D eigenvalue weighted by atomic mass is 10.3. The van der Waals surface area contributed by atoms with Crippen LogP contribution in [0, 0.1) is 0 Å². The fourth-order valence-corrected chi connectivity index (χ4v) is 1.91. The Balaban J connectivity index is 2.98. The summed E-state index contributed by atoms with van der Waals surface area (Å²) in [5, 5.41) is 12.4. The van der Waals surface area contributed by atoms with Gasteiger partial charge in [0.15, 0.2) is 0 Å². The molecular weight excluding hydrogens is 266 g/mol. The third kappa shape index (κ3) is 4.36. The molecule has 1 amide bonds. The molecule has 2 N–H and O–H groups in total. The summed E-state index contributed by atoms with van der Waals surface area (Å²) in [5.41, 5.74) is 0.224. The van der Waals surface area contributed by atoms with Crippen LogP contribution in [0.2, 0.25) is 5.02 Å². The molecule has 19 heavy (non-hydrogen) atoms. The Morgan fingerprint density at radius 3 is 2.74 bits per heavy atom. The Morgan fingerprint density at radius 2 is 2.16 bits per heavy atom. The number of aliphatic hydroxyl groups excluding tert-OH is 1. The molecule has 0 bridgehead atoms. The fraction of sp³-hybridized carbons (Fsp3) is 0.538. The smallest absolute Gasteiger partial charge is 0.274 e. The van der Waals surface area contributed by atoms with Crippen LogP contribution in [-0.2, 0) is 0 Å². The molecule has 0 aromatic carbocycles. The molecule has 0 radical (unpaired) electrons. The van der Waals surface area contributed by atoms with Crippen LogP contribution in [0.3, 0.4) is 0 Å². The van der Waals surface area contributed by atoms with Gasteiger partial charge in [-0.25, -0.2) is 4.98 Å². The van der Waals surface area contributed by atoms with E-state index in [0.717, 1.165) is 13.0 Å². The standard InChI is InChI=1S/C13H20ClN3O2/c1-3-7-17(8-9-18)13(19)12-10(14)5-6-11(16-12)15-4-2/h5-6,18H,3-4,7-9H2,1-2H3,(H,15,16). The number of nitrogens with zero attached hydrogens (tertiary/aromatic N) is 2. The predicted octanol–water partition coefficient (Wildman–Crippen LogP) is 2.01. The van der Waals surface area contributed by atoms with Crippen molar-refractivity contribution in [3.8, 4) is 0 Å². The third-order valence-electron chi connectivity index (χ3n) is 2.56. The summed E-state index contributed by atoms with van der Waals surface area (Å²) in [6.45, 7) is 5.43. The van der Waals surface area contributed by atoms with Gasteiger partial charge < -0.3 is 15.3 Å². The molecule has 6 heteroatoms. The van der Waals surface area contributed by atoms with Crippen LogP contribution in [0.4, 0.5) is 5.82 Å². The van der Waals surface area contributed by atoms with Gasteiger partial charge in [-0.05, 0) is 25.5 Å². The van der Waals surface area contributed by atoms with E-state index in [1.807, 2.05) is 13.8 Å². The van der Waals surface area contributed by atoms with Gasteiger partial charge in [-0.15, -0.1) is 0 Å². The van der Waals surface area contributed by atoms with E-state index in [0.29, 0.717) is 17.4 Å². The van der Waals surface area contributed by atoms with E-state index in [2.05, 4.69) is 10.3 Å². The normalized spacial score (nSPS) is 10.3. The van der Waals surface area contributed by atoms with E-state index in [1.165, 1.54) is 0 Å². The number of rotatable bonds is 7. The van der Waals surface area contributed by atoms with Crippen LogP contribution in [0.25, 0.3) is 0 Å². The van der Waals surface area contributed by atoms with Crippen LogP contribution in [0.1, 0.15) is 30.8 Å². The van der Waals surface area contributed by atoms with E-state index < -0.39 is 0 Å². The summed E-state index contributed by atoms with van der Waals surface area (Å²) in [6, 6.07) is 3.39. The Kier molecular flexibility index (Phi) is 6.59. The monoisotopic (exact) mass is 285 g/mol. The van der Waals surface area contributed by atoms with E-state index in [1.54, 1.807) is 17.0 Å². The summed E-state index contributed by atoms with van der Waals surface area (Å²) in [4.78, 5) is 18.1. The Morgan fingerprint density at radius 1 is 1.42 bits per heavy atom. The van der Waals surface area contributed by atoms with Gasteiger partial charge >= 0.3 is 0 Å². The summed E-state index contributed by atoms with van der Waals surface area (Å²) in [6.07, 6.45) is 0.816. The van der Waals surface area contributed by atoms with Gasteiger partial charge in [0.05, 0.1) is 11.6 Å². The van der Waals surface area contributed by atoms with Crippen molar-refractivity contribution in [1.82, 2.24) is 9.88 Å². The molecule has 5 nitrogen and oxygen atoms in total. The Bertz CT molecular complexity index is 420. The highest BCUT2D eigenvalue weighted by Gasteiger charge is 2.19. The number of hydrogen-bond acceptors (Lipinski definition) is 4. The Hall–Kier alpha value is -1.33. The minimum absolute atomic E-state index is 0.0732. The van der Waals surface area contributed by atoms with E-state index in [-0.39, 0.29) is 24.8 Å². The fourth-order valence-electron chi connectivity index (χ4n) is 1.73. The van der Waals surface area contributed by atoms with Crippen LogP contribution >= 0.6 is 11.6 Å². The van der Waals surface area contributed by atoms with Gasteiger partial charge in [-0.2, -0.15) is 0 Å². The molecule has 106 valence electrons. The second-order valence-electron chi connectivity index (χ2n) is 4.07. The maximum Gasteiger partial charge on any atom is 0.274 e. The molecule has 0 atom stereocenters. The zero-order valence-electron chi connectivity index (χ0n) is 11.3. The number of pyridine rings is 1. The molecule has 0 unspecified atom stereocenters. The SMILES string of the molecule is CCCN(CCO)C(=O)c1nc(NCC)ccc1Cl. The van der Waals surface area contributed by atoms with Crippen molar-refractivity contribution in [3.63, 3.8) is 0 Å². The predicted molar refractivity (Wildman–Crippen MR) is 76.7 cm³/mol. The highest BCUT2D eigenvalue weighted by Crippen LogP contribution is 2.18. The number of nitrogens with one attached hydrogen (secondary N) is 1. The van der Waals surface area contributed by atoms with Crippen LogP contribution in [0.5, 0.6) is 0 Å². The van der Waals surface area contributed by atoms with Gasteiger partial charge in [-0.1, -0.05) is 18.5 Å². The van der Waals surface area contributed by atoms with Gasteiger partial charge in [0.2, 0.25) is 0 Å². The van der Waals surface area contributed by atoms with E-state index in [9.17, 15) is 4.79 Å². The van der Waals surface area contributed by atoms with Crippen molar-refractivity contribution >= 4 is 23.3 Å². The zero-order valence-corrected chi connectivity index (χ0v) is 12.1. The number of aliphatic hydroxyl groups is 1. The van der Waals surface area contributed by atoms with Crippen molar-refractivity contribution in [2.45, 2.75) is 20.3 Å². The van der Waals surface area contributed by atoms with Crippen LogP contribution in [0.15, 0.2) is 12.1 Å². The van der Waals surface area contributed by atoms with Crippen molar-refractivity contribution in [2.75, 3.05) is 31.6 Å². The van der Waals surface area contributed by atoms with E-state index in [4.69, 9.17) is 16.7 Å². The molecule has 1 aromatic rings. The lowest BCUT2D eigenvalue weighted by Crippen LogP contribution is -2.35. The number of aromatic nitrogens is 1. The molecule has 0 fully saturated rings. The molecule has 0 saturated heterocycles. The maximum atomic E-state index is 12.3. The lowest BCUT2D eigenvalue weighted by Gasteiger charge is -2.21. The number of amides is 1. The summed E-state index contributed by atoms with van der Waals surface area (Å²) in [5.74, 6) is 0.372. The van der Waals surface area contributed by atoms with Crippen molar-refractivity contribution in [3.05, 3.63) is 22.8 Å². The minimum Gasteiger partial charge on any atom is -0.395 e. The topological polar surface area (TPSA) is 65.5 Å². The highest BCUT2D eigenvalue weighted by molar-refractivity contribution is 6.33. The Labute approximate surface area is 118 Å². The minimum atomic E-state index is -0.249. The van der Waals surface area contributed by atoms with Gasteiger partial charge in [0.1, 0.15) is 11.5 Å². The van der Waals surface area contributed by atoms with Crippen molar-refractivity contribution < 1.29 is 9.90 Å². The zero-order chi connectivity index (χ0) is 14.3. The van der Waals surface area contributed by atoms with Crippen LogP contribution < -0.4 is 5.32 Å². The lowest BCUT2D eigenvalue weighted by molar-refractivity contribution is 0.0716. The molecule has 0 spiro atoms. The molecule has 1 aromatic heterocycles. The number of carbonyl (C=O) groups is 1. The first-order valence-electron chi connectivity index (χ1n) is 6.44. The summed E-state index contributed by atoms with van der Waals surface area (Å²) in [7, 11) is 0. The largest absolute Gasteiger partial charge is 0.395 e. The molecule has 0 saturated carbocycles. The average molecular weight is 286 g/mol. The van der Waals surface area contributed by atoms with E-state index >= 15 is 0 Å².